The molecule has 0 spiro atoms. The van der Waals surface area contributed by atoms with Crippen LogP contribution < -0.4 is 19.7 Å². The highest BCUT2D eigenvalue weighted by Crippen LogP contribution is 2.22. The molecule has 0 unspecified atom stereocenters. The van der Waals surface area contributed by atoms with Crippen molar-refractivity contribution in [3.63, 3.8) is 0 Å². The number of carbonyl (C=O) groups excluding carboxylic acids is 1. The Labute approximate surface area is 178 Å². The summed E-state index contributed by atoms with van der Waals surface area (Å²) in [5.74, 6) is 1.12. The molecule has 0 fully saturated rings. The molecule has 3 aromatic carbocycles. The van der Waals surface area contributed by atoms with Crippen molar-refractivity contribution in [1.29, 1.82) is 0 Å². The van der Waals surface area contributed by atoms with E-state index in [1.54, 1.807) is 12.1 Å². The van der Waals surface area contributed by atoms with Gasteiger partial charge < -0.3 is 19.7 Å². The molecule has 1 amide bonds. The van der Waals surface area contributed by atoms with E-state index in [0.717, 1.165) is 30.2 Å². The molecule has 0 aliphatic heterocycles. The van der Waals surface area contributed by atoms with E-state index in [2.05, 4.69) is 24.1 Å². The van der Waals surface area contributed by atoms with Gasteiger partial charge in [0.25, 0.3) is 5.91 Å². The van der Waals surface area contributed by atoms with Crippen molar-refractivity contribution in [3.8, 4) is 11.5 Å². The van der Waals surface area contributed by atoms with Gasteiger partial charge in [0.05, 0.1) is 5.56 Å². The summed E-state index contributed by atoms with van der Waals surface area (Å²) in [6.45, 7) is 6.88. The van der Waals surface area contributed by atoms with Crippen molar-refractivity contribution in [1.82, 2.24) is 0 Å². The molecule has 5 heteroatoms. The molecular weight excluding hydrogens is 376 g/mol. The zero-order valence-electron chi connectivity index (χ0n) is 17.5. The van der Waals surface area contributed by atoms with Crippen molar-refractivity contribution in [2.45, 2.75) is 13.8 Å². The predicted molar refractivity (Wildman–Crippen MR) is 122 cm³/mol. The van der Waals surface area contributed by atoms with Gasteiger partial charge in [0.1, 0.15) is 24.7 Å². The molecule has 156 valence electrons. The van der Waals surface area contributed by atoms with Gasteiger partial charge in [0.2, 0.25) is 0 Å². The number of hydrogen-bond donors (Lipinski definition) is 1. The second kappa shape index (κ2) is 10.9. The van der Waals surface area contributed by atoms with Gasteiger partial charge in [-0.25, -0.2) is 0 Å². The summed E-state index contributed by atoms with van der Waals surface area (Å²) in [4.78, 5) is 15.0. The van der Waals surface area contributed by atoms with Crippen molar-refractivity contribution in [3.05, 3.63) is 84.4 Å². The number of nitrogens with one attached hydrogen (secondary N) is 1. The van der Waals surface area contributed by atoms with Crippen molar-refractivity contribution >= 4 is 17.3 Å². The van der Waals surface area contributed by atoms with Crippen molar-refractivity contribution < 1.29 is 14.3 Å². The lowest BCUT2D eigenvalue weighted by atomic mass is 10.1. The van der Waals surface area contributed by atoms with Crippen molar-refractivity contribution in [2.75, 3.05) is 36.5 Å². The van der Waals surface area contributed by atoms with Crippen LogP contribution in [0.5, 0.6) is 11.5 Å². The highest BCUT2D eigenvalue weighted by molar-refractivity contribution is 6.06. The molecule has 30 heavy (non-hydrogen) atoms. The number of amides is 1. The fourth-order valence-corrected chi connectivity index (χ4v) is 3.15. The molecule has 3 aromatic rings. The Bertz CT molecular complexity index is 923. The standard InChI is InChI=1S/C25H28N2O3/c1-3-27(4-2)21-16-14-20(15-17-21)26-25(28)23-12-8-9-13-24(23)30-19-18-29-22-10-6-5-7-11-22/h5-17H,3-4,18-19H2,1-2H3,(H,26,28). The van der Waals surface area contributed by atoms with E-state index in [0.29, 0.717) is 24.5 Å². The van der Waals surface area contributed by atoms with Gasteiger partial charge in [-0.15, -0.1) is 0 Å². The molecular formula is C25H28N2O3. The molecule has 0 atom stereocenters. The number of para-hydroxylation sites is 2. The second-order valence-corrected chi connectivity index (χ2v) is 6.68. The van der Waals surface area contributed by atoms with Crippen LogP contribution in [-0.4, -0.2) is 32.2 Å². The largest absolute Gasteiger partial charge is 0.490 e. The van der Waals surface area contributed by atoms with E-state index in [-0.39, 0.29) is 5.91 Å². The lowest BCUT2D eigenvalue weighted by molar-refractivity contribution is 0.102. The van der Waals surface area contributed by atoms with Crippen LogP contribution in [0, 0.1) is 0 Å². The number of ether oxygens (including phenoxy) is 2. The van der Waals surface area contributed by atoms with E-state index in [1.807, 2.05) is 66.7 Å². The van der Waals surface area contributed by atoms with Gasteiger partial charge in [0, 0.05) is 24.5 Å². The lowest BCUT2D eigenvalue weighted by Gasteiger charge is -2.21. The summed E-state index contributed by atoms with van der Waals surface area (Å²) < 4.78 is 11.4. The Hall–Kier alpha value is -3.47. The Balaban J connectivity index is 1.58. The maximum Gasteiger partial charge on any atom is 0.259 e. The minimum atomic E-state index is -0.204. The number of rotatable bonds is 10. The smallest absolute Gasteiger partial charge is 0.259 e. The summed E-state index contributed by atoms with van der Waals surface area (Å²) in [6, 6.07) is 24.7. The van der Waals surface area contributed by atoms with Gasteiger partial charge in [0.15, 0.2) is 0 Å². The lowest BCUT2D eigenvalue weighted by Crippen LogP contribution is -2.21. The first-order valence-corrected chi connectivity index (χ1v) is 10.3. The zero-order chi connectivity index (χ0) is 21.2. The monoisotopic (exact) mass is 404 g/mol. The van der Waals surface area contributed by atoms with Gasteiger partial charge >= 0.3 is 0 Å². The second-order valence-electron chi connectivity index (χ2n) is 6.68. The van der Waals surface area contributed by atoms with Crippen LogP contribution in [-0.2, 0) is 0 Å². The SMILES string of the molecule is CCN(CC)c1ccc(NC(=O)c2ccccc2OCCOc2ccccc2)cc1. The van der Waals surface area contributed by atoms with E-state index in [1.165, 1.54) is 0 Å². The average molecular weight is 405 g/mol. The third kappa shape index (κ3) is 5.77. The Morgan fingerprint density at radius 3 is 2.13 bits per heavy atom. The molecule has 0 aliphatic carbocycles. The summed E-state index contributed by atoms with van der Waals surface area (Å²) in [5, 5.41) is 2.95. The third-order valence-corrected chi connectivity index (χ3v) is 4.74. The normalized spacial score (nSPS) is 10.3. The van der Waals surface area contributed by atoms with Crippen LogP contribution in [0.1, 0.15) is 24.2 Å². The molecule has 0 saturated heterocycles. The predicted octanol–water partition coefficient (Wildman–Crippen LogP) is 5.24. The zero-order valence-corrected chi connectivity index (χ0v) is 17.5. The number of hydrogen-bond acceptors (Lipinski definition) is 4. The summed E-state index contributed by atoms with van der Waals surface area (Å²) in [7, 11) is 0. The van der Waals surface area contributed by atoms with Crippen LogP contribution in [0.3, 0.4) is 0 Å². The van der Waals surface area contributed by atoms with E-state index in [9.17, 15) is 4.79 Å². The fraction of sp³-hybridized carbons (Fsp3) is 0.240. The molecule has 0 aliphatic rings. The topological polar surface area (TPSA) is 50.8 Å². The summed E-state index contributed by atoms with van der Waals surface area (Å²) in [6.07, 6.45) is 0. The van der Waals surface area contributed by atoms with Crippen LogP contribution in [0.4, 0.5) is 11.4 Å². The van der Waals surface area contributed by atoms with Gasteiger partial charge in [-0.2, -0.15) is 0 Å². The molecule has 5 nitrogen and oxygen atoms in total. The number of anilines is 2. The van der Waals surface area contributed by atoms with E-state index < -0.39 is 0 Å². The molecule has 3 rings (SSSR count). The van der Waals surface area contributed by atoms with Crippen LogP contribution >= 0.6 is 0 Å². The molecule has 0 heterocycles. The van der Waals surface area contributed by atoms with Crippen LogP contribution in [0.15, 0.2) is 78.9 Å². The maximum atomic E-state index is 12.8. The molecule has 0 aromatic heterocycles. The summed E-state index contributed by atoms with van der Waals surface area (Å²) in [5.41, 5.74) is 2.38. The minimum absolute atomic E-state index is 0.204. The Kier molecular flexibility index (Phi) is 7.72. The number of benzene rings is 3. The Morgan fingerprint density at radius 2 is 1.43 bits per heavy atom. The minimum Gasteiger partial charge on any atom is -0.490 e. The van der Waals surface area contributed by atoms with Gasteiger partial charge in [-0.1, -0.05) is 30.3 Å². The molecule has 1 N–H and O–H groups in total. The molecule has 0 bridgehead atoms. The summed E-state index contributed by atoms with van der Waals surface area (Å²) >= 11 is 0. The molecule has 0 saturated carbocycles. The number of carbonyl (C=O) groups is 1. The highest BCUT2D eigenvalue weighted by Gasteiger charge is 2.13. The maximum absolute atomic E-state index is 12.8. The first-order valence-electron chi connectivity index (χ1n) is 10.3. The quantitative estimate of drug-likeness (QED) is 0.469. The van der Waals surface area contributed by atoms with Crippen LogP contribution in [0.25, 0.3) is 0 Å². The van der Waals surface area contributed by atoms with Gasteiger partial charge in [-0.05, 0) is 62.4 Å². The average Bonchev–Trinajstić information content (AvgIpc) is 2.79. The van der Waals surface area contributed by atoms with E-state index in [4.69, 9.17) is 9.47 Å². The Morgan fingerprint density at radius 1 is 0.800 bits per heavy atom. The number of nitrogens with zero attached hydrogens (tertiary/aromatic N) is 1. The van der Waals surface area contributed by atoms with E-state index >= 15 is 0 Å². The first kappa shape index (κ1) is 21.2. The van der Waals surface area contributed by atoms with Gasteiger partial charge in [-0.3, -0.25) is 4.79 Å². The fourth-order valence-electron chi connectivity index (χ4n) is 3.15. The van der Waals surface area contributed by atoms with Crippen LogP contribution in [0.2, 0.25) is 0 Å². The molecule has 0 radical (unpaired) electrons. The third-order valence-electron chi connectivity index (χ3n) is 4.74. The first-order chi connectivity index (χ1) is 14.7. The highest BCUT2D eigenvalue weighted by atomic mass is 16.5. The van der Waals surface area contributed by atoms with Crippen molar-refractivity contribution in [2.24, 2.45) is 0 Å².